The van der Waals surface area contributed by atoms with Crippen LogP contribution in [0.5, 0.6) is 0 Å². The highest BCUT2D eigenvalue weighted by atomic mass is 16.2. The number of hydrogen-bond donors (Lipinski definition) is 0. The van der Waals surface area contributed by atoms with Crippen LogP contribution in [0.25, 0.3) is 10.8 Å². The predicted octanol–water partition coefficient (Wildman–Crippen LogP) is 2.09. The zero-order chi connectivity index (χ0) is 21.6. The first-order valence-corrected chi connectivity index (χ1v) is 10.7. The van der Waals surface area contributed by atoms with Crippen LogP contribution in [0.3, 0.4) is 0 Å². The lowest BCUT2D eigenvalue weighted by Crippen LogP contribution is -2.51. The summed E-state index contributed by atoms with van der Waals surface area (Å²) in [6, 6.07) is 17.4. The summed E-state index contributed by atoms with van der Waals surface area (Å²) in [5.74, 6) is -0.0171. The van der Waals surface area contributed by atoms with E-state index >= 15 is 0 Å². The van der Waals surface area contributed by atoms with Gasteiger partial charge in [-0.05, 0) is 24.5 Å². The van der Waals surface area contributed by atoms with Crippen molar-refractivity contribution in [3.05, 3.63) is 76.7 Å². The number of nitrogens with zero attached hydrogens (tertiary/aromatic N) is 4. The number of fused-ring (bicyclic) bond motifs is 1. The molecule has 4 rings (SSSR count). The second-order valence-electron chi connectivity index (χ2n) is 7.80. The Morgan fingerprint density at radius 3 is 2.23 bits per heavy atom. The van der Waals surface area contributed by atoms with E-state index in [0.29, 0.717) is 38.0 Å². The summed E-state index contributed by atoms with van der Waals surface area (Å²) in [4.78, 5) is 41.3. The van der Waals surface area contributed by atoms with Crippen LogP contribution in [-0.4, -0.2) is 57.6 Å². The molecule has 1 aliphatic rings. The molecule has 0 N–H and O–H groups in total. The summed E-state index contributed by atoms with van der Waals surface area (Å²) >= 11 is 0. The largest absolute Gasteiger partial charge is 0.339 e. The highest BCUT2D eigenvalue weighted by Gasteiger charge is 2.24. The summed E-state index contributed by atoms with van der Waals surface area (Å²) in [7, 11) is 0. The Bertz CT molecular complexity index is 1120. The van der Waals surface area contributed by atoms with Crippen molar-refractivity contribution in [2.45, 2.75) is 25.8 Å². The van der Waals surface area contributed by atoms with Crippen molar-refractivity contribution in [2.75, 3.05) is 26.2 Å². The summed E-state index contributed by atoms with van der Waals surface area (Å²) in [6.45, 7) is 1.91. The molecule has 7 nitrogen and oxygen atoms in total. The van der Waals surface area contributed by atoms with Gasteiger partial charge in [0.2, 0.25) is 11.8 Å². The molecule has 1 aliphatic heterocycles. The van der Waals surface area contributed by atoms with Crippen LogP contribution in [0.15, 0.2) is 65.6 Å². The third-order valence-electron chi connectivity index (χ3n) is 5.73. The monoisotopic (exact) mass is 418 g/mol. The fraction of sp³-hybridized carbons (Fsp3) is 0.333. The molecular weight excluding hydrogens is 392 g/mol. The fourth-order valence-corrected chi connectivity index (χ4v) is 3.92. The highest BCUT2D eigenvalue weighted by molar-refractivity contribution is 5.81. The van der Waals surface area contributed by atoms with Crippen molar-refractivity contribution >= 4 is 22.6 Å². The van der Waals surface area contributed by atoms with Crippen LogP contribution in [-0.2, 0) is 22.6 Å². The lowest BCUT2D eigenvalue weighted by Gasteiger charge is -2.35. The van der Waals surface area contributed by atoms with Gasteiger partial charge in [0.1, 0.15) is 6.54 Å². The van der Waals surface area contributed by atoms with E-state index in [0.717, 1.165) is 18.2 Å². The molecule has 1 aromatic heterocycles. The number of amides is 2. The van der Waals surface area contributed by atoms with E-state index in [1.807, 2.05) is 35.2 Å². The summed E-state index contributed by atoms with van der Waals surface area (Å²) < 4.78 is 1.21. The molecule has 0 unspecified atom stereocenters. The fourth-order valence-electron chi connectivity index (χ4n) is 3.92. The molecule has 0 spiro atoms. The van der Waals surface area contributed by atoms with Gasteiger partial charge in [-0.15, -0.1) is 0 Å². The summed E-state index contributed by atoms with van der Waals surface area (Å²) in [5.41, 5.74) is 0.974. The molecule has 0 aliphatic carbocycles. The minimum atomic E-state index is -0.265. The molecule has 1 fully saturated rings. The van der Waals surface area contributed by atoms with Crippen molar-refractivity contribution in [3.8, 4) is 0 Å². The second kappa shape index (κ2) is 9.55. The molecule has 2 amide bonds. The molecule has 31 heavy (non-hydrogen) atoms. The quantitative estimate of drug-likeness (QED) is 0.614. The van der Waals surface area contributed by atoms with Gasteiger partial charge < -0.3 is 9.80 Å². The Morgan fingerprint density at radius 1 is 0.839 bits per heavy atom. The molecule has 1 saturated heterocycles. The van der Waals surface area contributed by atoms with Crippen LogP contribution in [0.4, 0.5) is 0 Å². The number of benzene rings is 2. The Balaban J connectivity index is 1.26. The maximum absolute atomic E-state index is 12.7. The second-order valence-corrected chi connectivity index (χ2v) is 7.80. The Labute approximate surface area is 180 Å². The van der Waals surface area contributed by atoms with Crippen molar-refractivity contribution in [3.63, 3.8) is 0 Å². The number of carbonyl (C=O) groups excluding carboxylic acids is 2. The number of piperazine rings is 1. The molecule has 7 heteroatoms. The Morgan fingerprint density at radius 2 is 1.48 bits per heavy atom. The van der Waals surface area contributed by atoms with E-state index in [1.54, 1.807) is 23.2 Å². The van der Waals surface area contributed by atoms with Gasteiger partial charge in [0, 0.05) is 38.0 Å². The molecule has 2 aromatic carbocycles. The standard InChI is InChI=1S/C24H26N4O3/c29-22(12-6-9-19-7-2-1-3-8-19)26-13-15-27(16-14-26)23(30)18-28-24(31)21-11-5-4-10-20(21)17-25-28/h1-5,7-8,10-11,17H,6,9,12-16,18H2. The third kappa shape index (κ3) is 4.99. The lowest BCUT2D eigenvalue weighted by molar-refractivity contribution is -0.140. The van der Waals surface area contributed by atoms with E-state index < -0.39 is 0 Å². The molecule has 0 atom stereocenters. The molecule has 0 bridgehead atoms. The van der Waals surface area contributed by atoms with Gasteiger partial charge in [-0.1, -0.05) is 48.5 Å². The van der Waals surface area contributed by atoms with Crippen molar-refractivity contribution < 1.29 is 9.59 Å². The molecule has 160 valence electrons. The average molecular weight is 418 g/mol. The van der Waals surface area contributed by atoms with Gasteiger partial charge in [-0.2, -0.15) is 5.10 Å². The summed E-state index contributed by atoms with van der Waals surface area (Å²) in [6.07, 6.45) is 3.83. The van der Waals surface area contributed by atoms with Crippen LogP contribution in [0, 0.1) is 0 Å². The minimum Gasteiger partial charge on any atom is -0.339 e. The maximum atomic E-state index is 12.7. The van der Waals surface area contributed by atoms with Crippen LogP contribution >= 0.6 is 0 Å². The van der Waals surface area contributed by atoms with Gasteiger partial charge >= 0.3 is 0 Å². The summed E-state index contributed by atoms with van der Waals surface area (Å²) in [5, 5.41) is 5.45. The minimum absolute atomic E-state index is 0.0886. The first-order valence-electron chi connectivity index (χ1n) is 10.7. The van der Waals surface area contributed by atoms with Crippen LogP contribution in [0.1, 0.15) is 18.4 Å². The smallest absolute Gasteiger partial charge is 0.275 e. The first-order chi connectivity index (χ1) is 15.1. The number of aryl methyl sites for hydroxylation is 1. The van der Waals surface area contributed by atoms with Gasteiger partial charge in [-0.25, -0.2) is 4.68 Å². The van der Waals surface area contributed by atoms with E-state index in [2.05, 4.69) is 17.2 Å². The number of hydrogen-bond acceptors (Lipinski definition) is 4. The van der Waals surface area contributed by atoms with Crippen LogP contribution < -0.4 is 5.56 Å². The van der Waals surface area contributed by atoms with E-state index in [-0.39, 0.29) is 23.9 Å². The van der Waals surface area contributed by atoms with Gasteiger partial charge in [0.15, 0.2) is 0 Å². The SMILES string of the molecule is O=C(CCCc1ccccc1)N1CCN(C(=O)Cn2ncc3ccccc3c2=O)CC1. The molecule has 0 saturated carbocycles. The molecule has 3 aromatic rings. The third-order valence-corrected chi connectivity index (χ3v) is 5.73. The first kappa shape index (κ1) is 20.8. The van der Waals surface area contributed by atoms with E-state index in [1.165, 1.54) is 10.2 Å². The van der Waals surface area contributed by atoms with Crippen molar-refractivity contribution in [1.29, 1.82) is 0 Å². The zero-order valence-corrected chi connectivity index (χ0v) is 17.4. The molecular formula is C24H26N4O3. The normalized spacial score (nSPS) is 14.1. The van der Waals surface area contributed by atoms with Crippen molar-refractivity contribution in [2.24, 2.45) is 0 Å². The topological polar surface area (TPSA) is 75.5 Å². The number of aromatic nitrogens is 2. The Hall–Kier alpha value is -3.48. The van der Waals surface area contributed by atoms with Gasteiger partial charge in [0.25, 0.3) is 5.56 Å². The lowest BCUT2D eigenvalue weighted by atomic mass is 10.1. The zero-order valence-electron chi connectivity index (χ0n) is 17.4. The predicted molar refractivity (Wildman–Crippen MR) is 119 cm³/mol. The average Bonchev–Trinajstić information content (AvgIpc) is 2.82. The van der Waals surface area contributed by atoms with Gasteiger partial charge in [0.05, 0.1) is 11.6 Å². The Kier molecular flexibility index (Phi) is 6.40. The van der Waals surface area contributed by atoms with Gasteiger partial charge in [-0.3, -0.25) is 14.4 Å². The highest BCUT2D eigenvalue weighted by Crippen LogP contribution is 2.10. The maximum Gasteiger partial charge on any atom is 0.275 e. The van der Waals surface area contributed by atoms with Crippen molar-refractivity contribution in [1.82, 2.24) is 19.6 Å². The molecule has 2 heterocycles. The van der Waals surface area contributed by atoms with E-state index in [9.17, 15) is 14.4 Å². The van der Waals surface area contributed by atoms with E-state index in [4.69, 9.17) is 0 Å². The van der Waals surface area contributed by atoms with Crippen LogP contribution in [0.2, 0.25) is 0 Å². The number of rotatable bonds is 6. The molecule has 0 radical (unpaired) electrons. The number of carbonyl (C=O) groups is 2.